The van der Waals surface area contributed by atoms with E-state index in [1.165, 1.54) is 24.2 Å². The molecule has 1 saturated heterocycles. The standard InChI is InChI=1S/C36H37F8N7O5/c1-48-34(7-2-8-34)31(53)28(32(54)47-24-5-4-22(35(39,40)41)17-23(24)25-18-27(36(42,43)44)46-20-45-25)33(55)51(48)19-21-3-6-26(30(38)29(21)37)56-16-14-50-11-9-49(10-12-50)13-15-52/h3-6,17-18,20,52-53H,2,7-16,19H2,1H3,(H,47,54). The van der Waals surface area contributed by atoms with Crippen molar-refractivity contribution in [2.24, 2.45) is 0 Å². The number of benzene rings is 2. The number of amides is 2. The Bertz CT molecular complexity index is 2000. The van der Waals surface area contributed by atoms with Gasteiger partial charge in [0.2, 0.25) is 5.82 Å². The smallest absolute Gasteiger partial charge is 0.433 e. The van der Waals surface area contributed by atoms with Crippen molar-refractivity contribution in [3.8, 4) is 17.0 Å². The Kier molecular flexibility index (Phi) is 11.6. The van der Waals surface area contributed by atoms with Gasteiger partial charge in [0.15, 0.2) is 11.6 Å². The number of anilines is 1. The Morgan fingerprint density at radius 3 is 2.21 bits per heavy atom. The molecule has 2 aliphatic heterocycles. The van der Waals surface area contributed by atoms with Gasteiger partial charge in [-0.25, -0.2) is 19.4 Å². The number of rotatable bonds is 11. The van der Waals surface area contributed by atoms with Crippen molar-refractivity contribution in [3.63, 3.8) is 0 Å². The van der Waals surface area contributed by atoms with Crippen LogP contribution in [0.1, 0.15) is 36.1 Å². The molecule has 12 nitrogen and oxygen atoms in total. The molecule has 302 valence electrons. The minimum atomic E-state index is -4.99. The number of hydrogen-bond acceptors (Lipinski definition) is 10. The lowest BCUT2D eigenvalue weighted by atomic mass is 9.72. The van der Waals surface area contributed by atoms with Crippen LogP contribution in [0.25, 0.3) is 11.3 Å². The number of halogens is 8. The first kappa shape index (κ1) is 40.7. The number of hydrazine groups is 1. The second-order valence-electron chi connectivity index (χ2n) is 13.6. The van der Waals surface area contributed by atoms with Gasteiger partial charge in [-0.1, -0.05) is 6.07 Å². The van der Waals surface area contributed by atoms with Crippen LogP contribution in [-0.4, -0.2) is 117 Å². The fraction of sp³-hybridized carbons (Fsp3) is 0.444. The summed E-state index contributed by atoms with van der Waals surface area (Å²) >= 11 is 0. The van der Waals surface area contributed by atoms with Crippen LogP contribution in [0, 0.1) is 11.6 Å². The minimum Gasteiger partial charge on any atom is -0.509 e. The number of hydrogen-bond donors (Lipinski definition) is 3. The summed E-state index contributed by atoms with van der Waals surface area (Å²) in [6.45, 7) is 3.39. The fourth-order valence-electron chi connectivity index (χ4n) is 6.95. The largest absolute Gasteiger partial charge is 0.509 e. The summed E-state index contributed by atoms with van der Waals surface area (Å²) in [6.07, 6.45) is -8.46. The van der Waals surface area contributed by atoms with E-state index in [1.807, 2.05) is 0 Å². The number of β-amino-alcohol motifs (C(OH)–C–C–N with tert-alkyl or cyclic N) is 1. The zero-order valence-corrected chi connectivity index (χ0v) is 29.9. The topological polar surface area (TPSA) is 135 Å². The molecule has 1 aliphatic carbocycles. The number of ether oxygens (including phenoxy) is 1. The molecule has 0 unspecified atom stereocenters. The molecule has 3 N–H and O–H groups in total. The maximum absolute atomic E-state index is 15.6. The van der Waals surface area contributed by atoms with Gasteiger partial charge in [-0.3, -0.25) is 24.4 Å². The van der Waals surface area contributed by atoms with E-state index in [0.717, 1.165) is 24.2 Å². The fourth-order valence-corrected chi connectivity index (χ4v) is 6.95. The molecule has 6 rings (SSSR count). The molecule has 2 fully saturated rings. The number of nitrogens with zero attached hydrogens (tertiary/aromatic N) is 6. The normalized spacial score (nSPS) is 18.4. The van der Waals surface area contributed by atoms with Crippen molar-refractivity contribution in [1.82, 2.24) is 29.8 Å². The molecule has 20 heteroatoms. The molecule has 0 radical (unpaired) electrons. The Morgan fingerprint density at radius 1 is 0.929 bits per heavy atom. The van der Waals surface area contributed by atoms with Crippen molar-refractivity contribution in [2.75, 3.05) is 64.8 Å². The summed E-state index contributed by atoms with van der Waals surface area (Å²) in [5.41, 5.74) is -6.97. The van der Waals surface area contributed by atoms with Crippen LogP contribution in [-0.2, 0) is 28.5 Å². The average molecular weight is 800 g/mol. The first-order chi connectivity index (χ1) is 26.4. The van der Waals surface area contributed by atoms with E-state index in [-0.39, 0.29) is 37.4 Å². The van der Waals surface area contributed by atoms with Gasteiger partial charge < -0.3 is 20.3 Å². The number of carbonyl (C=O) groups is 2. The quantitative estimate of drug-likeness (QED) is 0.180. The number of likely N-dealkylation sites (N-methyl/N-ethyl adjacent to an activating group) is 1. The highest BCUT2D eigenvalue weighted by Gasteiger charge is 2.55. The first-order valence-electron chi connectivity index (χ1n) is 17.5. The van der Waals surface area contributed by atoms with Gasteiger partial charge >= 0.3 is 12.4 Å². The Morgan fingerprint density at radius 2 is 1.61 bits per heavy atom. The van der Waals surface area contributed by atoms with E-state index in [0.29, 0.717) is 57.1 Å². The van der Waals surface area contributed by atoms with E-state index in [9.17, 15) is 41.0 Å². The Balaban J connectivity index is 1.23. The van der Waals surface area contributed by atoms with Gasteiger partial charge in [-0.2, -0.15) is 30.7 Å². The average Bonchev–Trinajstić information content (AvgIpc) is 3.12. The van der Waals surface area contributed by atoms with Gasteiger partial charge in [0.25, 0.3) is 11.8 Å². The van der Waals surface area contributed by atoms with Gasteiger partial charge in [-0.15, -0.1) is 0 Å². The summed E-state index contributed by atoms with van der Waals surface area (Å²) in [7, 11) is 1.42. The number of aliphatic hydroxyl groups is 2. The molecule has 3 aliphatic rings. The molecule has 0 bridgehead atoms. The molecule has 1 saturated carbocycles. The van der Waals surface area contributed by atoms with Gasteiger partial charge in [0.1, 0.15) is 30.0 Å². The van der Waals surface area contributed by atoms with Crippen LogP contribution in [0.4, 0.5) is 40.8 Å². The van der Waals surface area contributed by atoms with Crippen LogP contribution in [0.2, 0.25) is 0 Å². The number of piperazine rings is 1. The molecule has 1 aromatic heterocycles. The number of alkyl halides is 6. The summed E-state index contributed by atoms with van der Waals surface area (Å²) in [5, 5.41) is 25.0. The van der Waals surface area contributed by atoms with Gasteiger partial charge in [0, 0.05) is 57.4 Å². The zero-order chi connectivity index (χ0) is 40.6. The lowest BCUT2D eigenvalue weighted by molar-refractivity contribution is -0.172. The van der Waals surface area contributed by atoms with Crippen molar-refractivity contribution in [2.45, 2.75) is 43.7 Å². The van der Waals surface area contributed by atoms with Crippen LogP contribution < -0.4 is 10.1 Å². The number of nitrogens with one attached hydrogen (secondary N) is 1. The van der Waals surface area contributed by atoms with Crippen LogP contribution >= 0.6 is 0 Å². The lowest BCUT2D eigenvalue weighted by Gasteiger charge is -2.54. The molecule has 2 amide bonds. The summed E-state index contributed by atoms with van der Waals surface area (Å²) in [4.78, 5) is 38.8. The lowest BCUT2D eigenvalue weighted by Crippen LogP contribution is -2.65. The van der Waals surface area contributed by atoms with E-state index in [2.05, 4.69) is 25.1 Å². The Hall–Kier alpha value is -4.92. The van der Waals surface area contributed by atoms with Gasteiger partial charge in [-0.05, 0) is 49.6 Å². The second-order valence-corrected chi connectivity index (χ2v) is 13.6. The zero-order valence-electron chi connectivity index (χ0n) is 29.9. The van der Waals surface area contributed by atoms with Crippen LogP contribution in [0.15, 0.2) is 54.1 Å². The van der Waals surface area contributed by atoms with E-state index in [4.69, 9.17) is 9.84 Å². The third-order valence-electron chi connectivity index (χ3n) is 10.3. The summed E-state index contributed by atoms with van der Waals surface area (Å²) < 4.78 is 118. The molecule has 3 aromatic rings. The second kappa shape index (κ2) is 15.9. The van der Waals surface area contributed by atoms with Crippen molar-refractivity contribution in [3.05, 3.63) is 82.5 Å². The number of carbonyl (C=O) groups excluding carboxylic acids is 2. The van der Waals surface area contributed by atoms with Crippen LogP contribution in [0.3, 0.4) is 0 Å². The highest BCUT2D eigenvalue weighted by Crippen LogP contribution is 2.47. The van der Waals surface area contributed by atoms with E-state index >= 15 is 8.78 Å². The third kappa shape index (κ3) is 8.14. The maximum Gasteiger partial charge on any atom is 0.433 e. The molecule has 3 heterocycles. The van der Waals surface area contributed by atoms with Crippen molar-refractivity contribution in [1.29, 1.82) is 0 Å². The highest BCUT2D eigenvalue weighted by atomic mass is 19.4. The predicted molar refractivity (Wildman–Crippen MR) is 182 cm³/mol. The first-order valence-corrected chi connectivity index (χ1v) is 17.5. The molecular weight excluding hydrogens is 762 g/mol. The summed E-state index contributed by atoms with van der Waals surface area (Å²) in [5.74, 6) is -6.18. The van der Waals surface area contributed by atoms with Gasteiger partial charge in [0.05, 0.1) is 35.6 Å². The Labute approximate surface area is 314 Å². The summed E-state index contributed by atoms with van der Waals surface area (Å²) in [6, 6.07) is 4.58. The number of aromatic nitrogens is 2. The SMILES string of the molecule is CN1N(Cc2ccc(OCCN3CCN(CCO)CC3)c(F)c2F)C(=O)C(C(=O)Nc2ccc(C(F)(F)F)cc2-c2cc(C(F)(F)F)ncn2)=C(O)C12CCC2. The molecule has 2 aromatic carbocycles. The van der Waals surface area contributed by atoms with Crippen molar-refractivity contribution < 1.29 is 59.7 Å². The molecule has 56 heavy (non-hydrogen) atoms. The molecule has 0 atom stereocenters. The van der Waals surface area contributed by atoms with E-state index in [1.54, 1.807) is 0 Å². The van der Waals surface area contributed by atoms with Crippen LogP contribution in [0.5, 0.6) is 5.75 Å². The van der Waals surface area contributed by atoms with Crippen molar-refractivity contribution >= 4 is 17.5 Å². The predicted octanol–water partition coefficient (Wildman–Crippen LogP) is 5.01. The number of aliphatic hydroxyl groups excluding tert-OH is 2. The monoisotopic (exact) mass is 799 g/mol. The van der Waals surface area contributed by atoms with E-state index < -0.39 is 87.4 Å². The maximum atomic E-state index is 15.6. The molecule has 1 spiro atoms. The molecular formula is C36H37F8N7O5. The minimum absolute atomic E-state index is 0.0511. The highest BCUT2D eigenvalue weighted by molar-refractivity contribution is 6.24. The third-order valence-corrected chi connectivity index (χ3v) is 10.3.